The Morgan fingerprint density at radius 3 is 2.80 bits per heavy atom. The molecule has 0 aliphatic carbocycles. The minimum atomic E-state index is -0.133. The highest BCUT2D eigenvalue weighted by Crippen LogP contribution is 2.18. The summed E-state index contributed by atoms with van der Waals surface area (Å²) in [4.78, 5) is 24.7. The molecule has 0 spiro atoms. The van der Waals surface area contributed by atoms with Crippen LogP contribution in [0, 0.1) is 5.92 Å². The lowest BCUT2D eigenvalue weighted by atomic mass is 9.98. The van der Waals surface area contributed by atoms with E-state index in [0.717, 1.165) is 12.8 Å². The van der Waals surface area contributed by atoms with Crippen molar-refractivity contribution in [2.75, 3.05) is 20.1 Å². The molecular formula is C11H20N2O2. The predicted molar refractivity (Wildman–Crippen MR) is 58.5 cm³/mol. The Morgan fingerprint density at radius 2 is 2.27 bits per heavy atom. The van der Waals surface area contributed by atoms with Crippen LogP contribution >= 0.6 is 0 Å². The minimum Gasteiger partial charge on any atom is -0.334 e. The van der Waals surface area contributed by atoms with E-state index in [2.05, 4.69) is 12.2 Å². The smallest absolute Gasteiger partial charge is 0.240 e. The van der Waals surface area contributed by atoms with E-state index in [9.17, 15) is 9.59 Å². The van der Waals surface area contributed by atoms with Crippen molar-refractivity contribution < 1.29 is 9.59 Å². The van der Waals surface area contributed by atoms with Crippen molar-refractivity contribution in [3.05, 3.63) is 0 Å². The molecule has 1 aliphatic heterocycles. The van der Waals surface area contributed by atoms with Gasteiger partial charge in [-0.2, -0.15) is 0 Å². The zero-order valence-electron chi connectivity index (χ0n) is 9.75. The van der Waals surface area contributed by atoms with E-state index in [4.69, 9.17) is 0 Å². The molecule has 1 N–H and O–H groups in total. The fraction of sp³-hybridized carbons (Fsp3) is 0.818. The number of likely N-dealkylation sites (N-methyl/N-ethyl adjacent to an activating group) is 1. The van der Waals surface area contributed by atoms with Gasteiger partial charge in [0.1, 0.15) is 5.78 Å². The molecule has 1 aliphatic rings. The summed E-state index contributed by atoms with van der Waals surface area (Å²) >= 11 is 0. The van der Waals surface area contributed by atoms with Crippen LogP contribution in [0.1, 0.15) is 26.7 Å². The molecule has 1 fully saturated rings. The van der Waals surface area contributed by atoms with E-state index < -0.39 is 0 Å². The number of Topliss-reactive ketones (excluding diaryl/α,β-unsaturated/α-hetero) is 1. The van der Waals surface area contributed by atoms with Crippen molar-refractivity contribution in [1.29, 1.82) is 0 Å². The molecule has 1 amide bonds. The number of likely N-dealkylation sites (tertiary alicyclic amines) is 1. The molecule has 15 heavy (non-hydrogen) atoms. The summed E-state index contributed by atoms with van der Waals surface area (Å²) in [6, 6.07) is -0.133. The van der Waals surface area contributed by atoms with Gasteiger partial charge < -0.3 is 10.2 Å². The second-order valence-electron chi connectivity index (χ2n) is 4.35. The van der Waals surface area contributed by atoms with E-state index in [1.54, 1.807) is 11.9 Å². The van der Waals surface area contributed by atoms with Crippen molar-refractivity contribution in [1.82, 2.24) is 10.2 Å². The summed E-state index contributed by atoms with van der Waals surface area (Å²) in [7, 11) is 1.80. The van der Waals surface area contributed by atoms with E-state index in [1.807, 2.05) is 0 Å². The molecule has 0 bridgehead atoms. The van der Waals surface area contributed by atoms with Crippen molar-refractivity contribution in [3.63, 3.8) is 0 Å². The first kappa shape index (κ1) is 12.2. The summed E-state index contributed by atoms with van der Waals surface area (Å²) in [5, 5.41) is 3.04. The third kappa shape index (κ3) is 3.02. The summed E-state index contributed by atoms with van der Waals surface area (Å²) in [6.45, 7) is 4.57. The SMILES string of the molecule is CNC1C(=O)N(CC(C)=O)CCCC1C. The molecule has 4 heteroatoms. The number of carbonyl (C=O) groups excluding carboxylic acids is 2. The number of hydrogen-bond acceptors (Lipinski definition) is 3. The predicted octanol–water partition coefficient (Wildman–Crippen LogP) is 0.422. The third-order valence-corrected chi connectivity index (χ3v) is 2.96. The average Bonchev–Trinajstić information content (AvgIpc) is 2.27. The Hall–Kier alpha value is -0.900. The number of nitrogens with zero attached hydrogens (tertiary/aromatic N) is 1. The molecule has 0 aromatic rings. The average molecular weight is 212 g/mol. The third-order valence-electron chi connectivity index (χ3n) is 2.96. The Morgan fingerprint density at radius 1 is 1.60 bits per heavy atom. The van der Waals surface area contributed by atoms with E-state index in [-0.39, 0.29) is 24.3 Å². The Labute approximate surface area is 91.0 Å². The maximum absolute atomic E-state index is 12.0. The highest BCUT2D eigenvalue weighted by Gasteiger charge is 2.30. The zero-order chi connectivity index (χ0) is 11.4. The lowest BCUT2D eigenvalue weighted by Gasteiger charge is -2.25. The molecule has 1 saturated heterocycles. The lowest BCUT2D eigenvalue weighted by molar-refractivity contribution is -0.136. The molecule has 4 nitrogen and oxygen atoms in total. The Bertz CT molecular complexity index is 253. The molecule has 0 saturated carbocycles. The first-order valence-electron chi connectivity index (χ1n) is 5.51. The van der Waals surface area contributed by atoms with Crippen molar-refractivity contribution in [2.24, 2.45) is 5.92 Å². The van der Waals surface area contributed by atoms with Crippen molar-refractivity contribution >= 4 is 11.7 Å². The van der Waals surface area contributed by atoms with Gasteiger partial charge in [-0.05, 0) is 32.7 Å². The first-order valence-corrected chi connectivity index (χ1v) is 5.51. The summed E-state index contributed by atoms with van der Waals surface area (Å²) in [6.07, 6.45) is 2.02. The number of amides is 1. The van der Waals surface area contributed by atoms with Gasteiger partial charge in [0.2, 0.25) is 5.91 Å². The molecule has 1 heterocycles. The largest absolute Gasteiger partial charge is 0.334 e. The van der Waals surface area contributed by atoms with Gasteiger partial charge in [0, 0.05) is 6.54 Å². The van der Waals surface area contributed by atoms with Gasteiger partial charge in [-0.25, -0.2) is 0 Å². The molecule has 0 aromatic carbocycles. The molecule has 0 radical (unpaired) electrons. The summed E-state index contributed by atoms with van der Waals surface area (Å²) in [5.74, 6) is 0.463. The van der Waals surface area contributed by atoms with Crippen LogP contribution in [0.15, 0.2) is 0 Å². The van der Waals surface area contributed by atoms with Gasteiger partial charge in [0.15, 0.2) is 0 Å². The minimum absolute atomic E-state index is 0.0488. The fourth-order valence-electron chi connectivity index (χ4n) is 2.15. The van der Waals surface area contributed by atoms with Crippen LogP contribution in [0.2, 0.25) is 0 Å². The van der Waals surface area contributed by atoms with E-state index in [0.29, 0.717) is 12.5 Å². The van der Waals surface area contributed by atoms with E-state index in [1.165, 1.54) is 6.92 Å². The topological polar surface area (TPSA) is 49.4 Å². The van der Waals surface area contributed by atoms with Gasteiger partial charge in [0.25, 0.3) is 0 Å². The lowest BCUT2D eigenvalue weighted by Crippen LogP contribution is -2.48. The number of carbonyl (C=O) groups is 2. The fourth-order valence-corrected chi connectivity index (χ4v) is 2.15. The molecular weight excluding hydrogens is 192 g/mol. The Kier molecular flexibility index (Phi) is 4.27. The maximum atomic E-state index is 12.0. The van der Waals surface area contributed by atoms with Gasteiger partial charge in [0.05, 0.1) is 12.6 Å². The monoisotopic (exact) mass is 212 g/mol. The molecule has 1 rings (SSSR count). The molecule has 2 atom stereocenters. The van der Waals surface area contributed by atoms with E-state index >= 15 is 0 Å². The maximum Gasteiger partial charge on any atom is 0.240 e. The van der Waals surface area contributed by atoms with Gasteiger partial charge in [-0.1, -0.05) is 6.92 Å². The van der Waals surface area contributed by atoms with Crippen molar-refractivity contribution in [3.8, 4) is 0 Å². The highest BCUT2D eigenvalue weighted by atomic mass is 16.2. The standard InChI is InChI=1S/C11H20N2O2/c1-8-5-4-6-13(7-9(2)14)11(15)10(8)12-3/h8,10,12H,4-7H2,1-3H3. The van der Waals surface area contributed by atoms with Crippen LogP contribution in [-0.2, 0) is 9.59 Å². The van der Waals surface area contributed by atoms with Gasteiger partial charge >= 0.3 is 0 Å². The summed E-state index contributed by atoms with van der Waals surface area (Å²) in [5.41, 5.74) is 0. The van der Waals surface area contributed by atoms with Crippen LogP contribution in [0.25, 0.3) is 0 Å². The van der Waals surface area contributed by atoms with Crippen LogP contribution in [-0.4, -0.2) is 42.8 Å². The second-order valence-corrected chi connectivity index (χ2v) is 4.35. The molecule has 0 aromatic heterocycles. The normalized spacial score (nSPS) is 27.7. The van der Waals surface area contributed by atoms with Gasteiger partial charge in [-0.15, -0.1) is 0 Å². The number of hydrogen-bond donors (Lipinski definition) is 1. The second kappa shape index (κ2) is 5.26. The van der Waals surface area contributed by atoms with Crippen LogP contribution < -0.4 is 5.32 Å². The molecule has 2 unspecified atom stereocenters. The van der Waals surface area contributed by atoms with Crippen LogP contribution in [0.5, 0.6) is 0 Å². The highest BCUT2D eigenvalue weighted by molar-refractivity contribution is 5.87. The first-order chi connectivity index (χ1) is 7.06. The Balaban J connectivity index is 2.73. The zero-order valence-corrected chi connectivity index (χ0v) is 9.75. The quantitative estimate of drug-likeness (QED) is 0.737. The van der Waals surface area contributed by atoms with Crippen molar-refractivity contribution in [2.45, 2.75) is 32.7 Å². The number of ketones is 1. The summed E-state index contributed by atoms with van der Waals surface area (Å²) < 4.78 is 0. The van der Waals surface area contributed by atoms with Crippen LogP contribution in [0.4, 0.5) is 0 Å². The number of nitrogens with one attached hydrogen (secondary N) is 1. The van der Waals surface area contributed by atoms with Crippen LogP contribution in [0.3, 0.4) is 0 Å². The van der Waals surface area contributed by atoms with Gasteiger partial charge in [-0.3, -0.25) is 9.59 Å². The molecule has 86 valence electrons. The number of rotatable bonds is 3.